The summed E-state index contributed by atoms with van der Waals surface area (Å²) in [6.07, 6.45) is 2.38. The minimum Gasteiger partial charge on any atom is -0.457 e. The Kier molecular flexibility index (Phi) is 2.24. The fourth-order valence-electron chi connectivity index (χ4n) is 6.97. The summed E-state index contributed by atoms with van der Waals surface area (Å²) in [5.74, 6) is 2.09. The number of carbonyl (C=O) groups excluding carboxylic acids is 1. The molecule has 7 atom stereocenters. The zero-order chi connectivity index (χ0) is 14.6. The van der Waals surface area contributed by atoms with E-state index in [0.29, 0.717) is 23.7 Å². The summed E-state index contributed by atoms with van der Waals surface area (Å²) in [5, 5.41) is 0. The second kappa shape index (κ2) is 3.65. The lowest BCUT2D eigenvalue weighted by atomic mass is 9.53. The number of carbonyl (C=O) groups is 1. The molecule has 2 saturated carbocycles. The second-order valence-corrected chi connectivity index (χ2v) is 8.36. The molecule has 2 aliphatic carbocycles. The third-order valence-corrected chi connectivity index (χ3v) is 7.68. The van der Waals surface area contributed by atoms with Crippen LogP contribution in [0.25, 0.3) is 0 Å². The highest BCUT2D eigenvalue weighted by Crippen LogP contribution is 2.72. The summed E-state index contributed by atoms with van der Waals surface area (Å²) in [7, 11) is 0. The molecule has 4 nitrogen and oxygen atoms in total. The number of fused-ring (bicyclic) bond motifs is 3. The van der Waals surface area contributed by atoms with Crippen molar-refractivity contribution in [2.45, 2.75) is 45.4 Å². The summed E-state index contributed by atoms with van der Waals surface area (Å²) < 4.78 is 12.4. The van der Waals surface area contributed by atoms with Gasteiger partial charge in [-0.25, -0.2) is 0 Å². The molecule has 3 aliphatic heterocycles. The van der Waals surface area contributed by atoms with Gasteiger partial charge >= 0.3 is 5.97 Å². The maximum atomic E-state index is 12.6. The number of hydrogen-bond acceptors (Lipinski definition) is 4. The molecule has 21 heavy (non-hydrogen) atoms. The van der Waals surface area contributed by atoms with Crippen LogP contribution in [-0.2, 0) is 14.3 Å². The summed E-state index contributed by atoms with van der Waals surface area (Å²) in [4.78, 5) is 15.1. The maximum Gasteiger partial charge on any atom is 0.310 e. The molecule has 7 unspecified atom stereocenters. The third-order valence-electron chi connectivity index (χ3n) is 7.68. The fraction of sp³-hybridized carbons (Fsp3) is 0.941. The van der Waals surface area contributed by atoms with Gasteiger partial charge in [0, 0.05) is 24.4 Å². The number of nitrogens with zero attached hydrogens (tertiary/aromatic N) is 1. The Morgan fingerprint density at radius 1 is 1.33 bits per heavy atom. The van der Waals surface area contributed by atoms with Crippen molar-refractivity contribution in [3.63, 3.8) is 0 Å². The zero-order valence-electron chi connectivity index (χ0n) is 13.2. The van der Waals surface area contributed by atoms with Crippen LogP contribution >= 0.6 is 0 Å². The van der Waals surface area contributed by atoms with Gasteiger partial charge in [-0.1, -0.05) is 20.8 Å². The fourth-order valence-corrected chi connectivity index (χ4v) is 6.97. The second-order valence-electron chi connectivity index (χ2n) is 8.36. The summed E-state index contributed by atoms with van der Waals surface area (Å²) in [6.45, 7) is 9.82. The van der Waals surface area contributed by atoms with Crippen molar-refractivity contribution >= 4 is 5.97 Å². The van der Waals surface area contributed by atoms with Crippen molar-refractivity contribution in [3.05, 3.63) is 0 Å². The molecule has 0 amide bonds. The van der Waals surface area contributed by atoms with Crippen LogP contribution in [-0.4, -0.2) is 42.4 Å². The molecule has 0 aromatic carbocycles. The van der Waals surface area contributed by atoms with Gasteiger partial charge in [-0.3, -0.25) is 9.69 Å². The van der Waals surface area contributed by atoms with E-state index in [0.717, 1.165) is 19.7 Å². The van der Waals surface area contributed by atoms with Gasteiger partial charge in [-0.2, -0.15) is 0 Å². The van der Waals surface area contributed by atoms with Gasteiger partial charge in [-0.05, 0) is 30.6 Å². The van der Waals surface area contributed by atoms with E-state index in [1.54, 1.807) is 0 Å². The normalized spacial score (nSPS) is 57.7. The number of esters is 1. The largest absolute Gasteiger partial charge is 0.457 e. The van der Waals surface area contributed by atoms with Crippen molar-refractivity contribution in [3.8, 4) is 0 Å². The Bertz CT molecular complexity index is 520. The molecule has 3 heterocycles. The SMILES string of the molecule is CC(C)C1C2C(=O)OC1C13OCCN1CC1CCC2C13C. The van der Waals surface area contributed by atoms with Crippen LogP contribution in [0.15, 0.2) is 0 Å². The molecule has 0 N–H and O–H groups in total. The van der Waals surface area contributed by atoms with Crippen LogP contribution in [0, 0.1) is 35.0 Å². The van der Waals surface area contributed by atoms with Crippen LogP contribution in [0.3, 0.4) is 0 Å². The first kappa shape index (κ1) is 12.9. The molecule has 5 aliphatic rings. The molecule has 0 aromatic rings. The van der Waals surface area contributed by atoms with Gasteiger partial charge < -0.3 is 9.47 Å². The molecule has 4 heteroatoms. The highest BCUT2D eigenvalue weighted by molar-refractivity contribution is 5.77. The lowest BCUT2D eigenvalue weighted by Gasteiger charge is -2.55. The van der Waals surface area contributed by atoms with Crippen LogP contribution in [0.2, 0.25) is 0 Å². The third kappa shape index (κ3) is 1.12. The van der Waals surface area contributed by atoms with Gasteiger partial charge in [0.1, 0.15) is 6.10 Å². The van der Waals surface area contributed by atoms with Gasteiger partial charge in [0.2, 0.25) is 0 Å². The number of ether oxygens (including phenoxy) is 2. The average molecular weight is 291 g/mol. The molecular formula is C17H25NO3. The first-order chi connectivity index (χ1) is 10.0. The Labute approximate surface area is 126 Å². The first-order valence-electron chi connectivity index (χ1n) is 8.61. The summed E-state index contributed by atoms with van der Waals surface area (Å²) >= 11 is 0. The summed E-state index contributed by atoms with van der Waals surface area (Å²) in [5.41, 5.74) is -0.215. The lowest BCUT2D eigenvalue weighted by molar-refractivity contribution is -0.240. The molecule has 1 spiro atoms. The van der Waals surface area contributed by atoms with Gasteiger partial charge in [0.15, 0.2) is 5.72 Å². The highest BCUT2D eigenvalue weighted by atomic mass is 16.6. The molecular weight excluding hydrogens is 266 g/mol. The van der Waals surface area contributed by atoms with E-state index in [2.05, 4.69) is 25.7 Å². The quantitative estimate of drug-likeness (QED) is 0.692. The standard InChI is InChI=1S/C17H25NO3/c1-9(2)12-13-11-5-4-10-8-18-6-7-20-17(18,16(10,11)3)14(12)21-15(13)19/h9-14H,4-8H2,1-3H3. The Morgan fingerprint density at radius 3 is 2.90 bits per heavy atom. The Morgan fingerprint density at radius 2 is 2.14 bits per heavy atom. The molecule has 5 rings (SSSR count). The molecule has 5 fully saturated rings. The van der Waals surface area contributed by atoms with Crippen LogP contribution in [0.1, 0.15) is 33.6 Å². The molecule has 0 aromatic heterocycles. The number of rotatable bonds is 1. The van der Waals surface area contributed by atoms with Crippen LogP contribution < -0.4 is 0 Å². The predicted octanol–water partition coefficient (Wildman–Crippen LogP) is 1.89. The van der Waals surface area contributed by atoms with E-state index in [1.807, 2.05) is 0 Å². The minimum absolute atomic E-state index is 0.0538. The van der Waals surface area contributed by atoms with E-state index in [1.165, 1.54) is 12.8 Å². The Balaban J connectivity index is 1.75. The van der Waals surface area contributed by atoms with Crippen molar-refractivity contribution in [1.82, 2.24) is 4.90 Å². The predicted molar refractivity (Wildman–Crippen MR) is 76.3 cm³/mol. The van der Waals surface area contributed by atoms with E-state index in [-0.39, 0.29) is 29.1 Å². The van der Waals surface area contributed by atoms with Crippen molar-refractivity contribution in [2.24, 2.45) is 35.0 Å². The van der Waals surface area contributed by atoms with Crippen LogP contribution in [0.4, 0.5) is 0 Å². The topological polar surface area (TPSA) is 38.8 Å². The monoisotopic (exact) mass is 291 g/mol. The number of hydrogen-bond donors (Lipinski definition) is 0. The molecule has 116 valence electrons. The average Bonchev–Trinajstić information content (AvgIpc) is 3.09. The lowest BCUT2D eigenvalue weighted by Crippen LogP contribution is -2.66. The molecule has 2 bridgehead atoms. The van der Waals surface area contributed by atoms with Gasteiger partial charge in [-0.15, -0.1) is 0 Å². The Hall–Kier alpha value is -0.610. The van der Waals surface area contributed by atoms with E-state index in [9.17, 15) is 4.79 Å². The van der Waals surface area contributed by atoms with Crippen molar-refractivity contribution in [1.29, 1.82) is 0 Å². The minimum atomic E-state index is -0.323. The maximum absolute atomic E-state index is 12.6. The molecule has 0 radical (unpaired) electrons. The first-order valence-corrected chi connectivity index (χ1v) is 8.61. The van der Waals surface area contributed by atoms with E-state index in [4.69, 9.17) is 9.47 Å². The van der Waals surface area contributed by atoms with Crippen molar-refractivity contribution in [2.75, 3.05) is 19.7 Å². The van der Waals surface area contributed by atoms with Crippen molar-refractivity contribution < 1.29 is 14.3 Å². The van der Waals surface area contributed by atoms with E-state index < -0.39 is 0 Å². The van der Waals surface area contributed by atoms with E-state index >= 15 is 0 Å². The van der Waals surface area contributed by atoms with Gasteiger partial charge in [0.05, 0.1) is 12.5 Å². The van der Waals surface area contributed by atoms with Gasteiger partial charge in [0.25, 0.3) is 0 Å². The highest BCUT2D eigenvalue weighted by Gasteiger charge is 2.81. The van der Waals surface area contributed by atoms with Crippen LogP contribution in [0.5, 0.6) is 0 Å². The zero-order valence-corrected chi connectivity index (χ0v) is 13.2. The molecule has 3 saturated heterocycles. The summed E-state index contributed by atoms with van der Waals surface area (Å²) in [6, 6.07) is 0. The smallest absolute Gasteiger partial charge is 0.310 e.